The number of ether oxygens (including phenoxy) is 1. The Kier molecular flexibility index (Phi) is 8.71. The Labute approximate surface area is 261 Å². The van der Waals surface area contributed by atoms with Gasteiger partial charge in [0, 0.05) is 50.4 Å². The number of fused-ring (bicyclic) bond motifs is 6. The standard InChI is InChI=1S/C35H41N5O3S/c1-24(2)18-31-32-23-39(21-27-12-6-5-7-13-27)16-17-40(31)22-28-14-9-15-29(19-28)44(41,42)38-35-36-30(20-33(37-35)43-32)34-25(3)10-8-11-26(34)4/h5-15,19-20,24,31-32H,16-18,21-23H2,1-4H3,(H,36,37,38). The molecule has 0 saturated carbocycles. The molecule has 2 aliphatic rings. The van der Waals surface area contributed by atoms with Crippen molar-refractivity contribution in [1.29, 1.82) is 0 Å². The highest BCUT2D eigenvalue weighted by Gasteiger charge is 2.36. The lowest BCUT2D eigenvalue weighted by molar-refractivity contribution is 0.0542. The number of nitrogens with one attached hydrogen (secondary N) is 1. The number of rotatable bonds is 5. The fourth-order valence-corrected chi connectivity index (χ4v) is 7.49. The number of hydrogen-bond donors (Lipinski definition) is 1. The van der Waals surface area contributed by atoms with Crippen molar-refractivity contribution in [3.05, 3.63) is 101 Å². The number of aromatic nitrogens is 2. The first-order valence-corrected chi connectivity index (χ1v) is 16.9. The van der Waals surface area contributed by atoms with Gasteiger partial charge in [-0.25, -0.2) is 18.1 Å². The van der Waals surface area contributed by atoms with Crippen molar-refractivity contribution in [2.45, 2.75) is 64.2 Å². The third kappa shape index (κ3) is 6.80. The van der Waals surface area contributed by atoms with Crippen LogP contribution in [0.3, 0.4) is 0 Å². The van der Waals surface area contributed by atoms with E-state index in [0.29, 0.717) is 30.6 Å². The van der Waals surface area contributed by atoms with E-state index >= 15 is 0 Å². The molecule has 1 aromatic heterocycles. The van der Waals surface area contributed by atoms with Gasteiger partial charge in [-0.3, -0.25) is 9.80 Å². The molecule has 2 aliphatic heterocycles. The smallest absolute Gasteiger partial charge is 0.264 e. The molecule has 3 aromatic carbocycles. The van der Waals surface area contributed by atoms with E-state index in [2.05, 4.69) is 57.6 Å². The first-order valence-electron chi connectivity index (χ1n) is 15.4. The Morgan fingerprint density at radius 1 is 0.932 bits per heavy atom. The van der Waals surface area contributed by atoms with Gasteiger partial charge in [-0.15, -0.1) is 0 Å². The summed E-state index contributed by atoms with van der Waals surface area (Å²) in [5.41, 5.74) is 5.86. The van der Waals surface area contributed by atoms with Gasteiger partial charge in [0.25, 0.3) is 10.0 Å². The minimum absolute atomic E-state index is 0.00293. The monoisotopic (exact) mass is 611 g/mol. The number of aryl methyl sites for hydroxylation is 2. The maximum Gasteiger partial charge on any atom is 0.264 e. The van der Waals surface area contributed by atoms with Crippen molar-refractivity contribution in [3.8, 4) is 17.1 Å². The van der Waals surface area contributed by atoms with Crippen molar-refractivity contribution in [2.75, 3.05) is 24.4 Å². The molecular formula is C35H41N5O3S. The normalized spacial score (nSPS) is 21.6. The zero-order valence-corrected chi connectivity index (χ0v) is 26.7. The zero-order valence-electron chi connectivity index (χ0n) is 25.9. The van der Waals surface area contributed by atoms with Crippen LogP contribution in [0.1, 0.15) is 42.5 Å². The molecule has 1 N–H and O–H groups in total. The molecule has 1 fully saturated rings. The minimum Gasteiger partial charge on any atom is -0.471 e. The summed E-state index contributed by atoms with van der Waals surface area (Å²) >= 11 is 0. The van der Waals surface area contributed by atoms with Gasteiger partial charge in [-0.1, -0.05) is 74.5 Å². The maximum absolute atomic E-state index is 13.6. The molecule has 0 aliphatic carbocycles. The van der Waals surface area contributed by atoms with Gasteiger partial charge in [0.2, 0.25) is 11.8 Å². The van der Waals surface area contributed by atoms with Gasteiger partial charge in [0.15, 0.2) is 0 Å². The average Bonchev–Trinajstić information content (AvgIpc) is 3.11. The van der Waals surface area contributed by atoms with Crippen LogP contribution in [0, 0.1) is 19.8 Å². The predicted molar refractivity (Wildman–Crippen MR) is 174 cm³/mol. The fourth-order valence-electron chi connectivity index (χ4n) is 6.48. The van der Waals surface area contributed by atoms with E-state index in [0.717, 1.165) is 48.3 Å². The third-order valence-corrected chi connectivity index (χ3v) is 9.86. The predicted octanol–water partition coefficient (Wildman–Crippen LogP) is 6.05. The first kappa shape index (κ1) is 30.2. The Morgan fingerprint density at radius 3 is 2.43 bits per heavy atom. The van der Waals surface area contributed by atoms with E-state index in [1.54, 1.807) is 12.1 Å². The first-order chi connectivity index (χ1) is 21.1. The molecular weight excluding hydrogens is 570 g/mol. The SMILES string of the molecule is Cc1cccc(C)c1-c1cc2nc(n1)NS(=O)(=O)c1cccc(c1)CN1CCN(Cc3ccccc3)CC(O2)C1CC(C)C. The van der Waals surface area contributed by atoms with Crippen molar-refractivity contribution in [1.82, 2.24) is 19.8 Å². The fraction of sp³-hybridized carbons (Fsp3) is 0.371. The molecule has 3 heterocycles. The van der Waals surface area contributed by atoms with Gasteiger partial charge in [-0.2, -0.15) is 4.98 Å². The second-order valence-corrected chi connectivity index (χ2v) is 14.2. The second-order valence-electron chi connectivity index (χ2n) is 12.5. The number of hydrogen-bond acceptors (Lipinski definition) is 7. The summed E-state index contributed by atoms with van der Waals surface area (Å²) in [6.45, 7) is 12.4. The van der Waals surface area contributed by atoms with Gasteiger partial charge in [-0.05, 0) is 60.6 Å². The molecule has 4 aromatic rings. The molecule has 6 bridgehead atoms. The van der Waals surface area contributed by atoms with Crippen LogP contribution >= 0.6 is 0 Å². The van der Waals surface area contributed by atoms with Crippen molar-refractivity contribution >= 4 is 16.0 Å². The molecule has 8 nitrogen and oxygen atoms in total. The van der Waals surface area contributed by atoms with Crippen LogP contribution in [0.4, 0.5) is 5.95 Å². The van der Waals surface area contributed by atoms with Crippen LogP contribution in [0.2, 0.25) is 0 Å². The van der Waals surface area contributed by atoms with Crippen molar-refractivity contribution in [2.24, 2.45) is 5.92 Å². The van der Waals surface area contributed by atoms with Gasteiger partial charge in [0.1, 0.15) is 6.10 Å². The summed E-state index contributed by atoms with van der Waals surface area (Å²) in [4.78, 5) is 14.5. The lowest BCUT2D eigenvalue weighted by Crippen LogP contribution is -2.47. The van der Waals surface area contributed by atoms with E-state index in [1.807, 2.05) is 56.3 Å². The molecule has 3 atom stereocenters. The second kappa shape index (κ2) is 12.7. The molecule has 0 radical (unpaired) electrons. The van der Waals surface area contributed by atoms with Crippen LogP contribution in [0.25, 0.3) is 11.3 Å². The van der Waals surface area contributed by atoms with E-state index < -0.39 is 10.0 Å². The minimum atomic E-state index is -3.94. The number of anilines is 1. The van der Waals surface area contributed by atoms with Gasteiger partial charge in [0.05, 0.1) is 10.6 Å². The van der Waals surface area contributed by atoms with E-state index in [1.165, 1.54) is 5.56 Å². The Morgan fingerprint density at radius 2 is 1.68 bits per heavy atom. The van der Waals surface area contributed by atoms with Crippen LogP contribution < -0.4 is 9.46 Å². The lowest BCUT2D eigenvalue weighted by Gasteiger charge is -2.36. The molecule has 0 amide bonds. The van der Waals surface area contributed by atoms with Gasteiger partial charge < -0.3 is 4.74 Å². The van der Waals surface area contributed by atoms with Crippen LogP contribution in [0.5, 0.6) is 5.88 Å². The largest absolute Gasteiger partial charge is 0.471 e. The van der Waals surface area contributed by atoms with Gasteiger partial charge >= 0.3 is 0 Å². The highest BCUT2D eigenvalue weighted by atomic mass is 32.2. The highest BCUT2D eigenvalue weighted by molar-refractivity contribution is 7.92. The molecule has 44 heavy (non-hydrogen) atoms. The zero-order chi connectivity index (χ0) is 30.8. The summed E-state index contributed by atoms with van der Waals surface area (Å²) < 4.78 is 36.8. The number of benzene rings is 3. The van der Waals surface area contributed by atoms with Crippen LogP contribution in [-0.4, -0.2) is 60.0 Å². The molecule has 1 saturated heterocycles. The number of nitrogens with zero attached hydrogens (tertiary/aromatic N) is 4. The lowest BCUT2D eigenvalue weighted by atomic mass is 9.96. The summed E-state index contributed by atoms with van der Waals surface area (Å²) in [5, 5.41) is 0. The molecule has 0 spiro atoms. The Hall–Kier alpha value is -3.79. The molecule has 9 heteroatoms. The van der Waals surface area contributed by atoms with Crippen LogP contribution in [0.15, 0.2) is 83.8 Å². The van der Waals surface area contributed by atoms with Crippen LogP contribution in [-0.2, 0) is 23.1 Å². The number of sulfonamides is 1. The quantitative estimate of drug-likeness (QED) is 0.294. The summed E-state index contributed by atoms with van der Waals surface area (Å²) in [7, 11) is -3.94. The molecule has 6 rings (SSSR count). The summed E-state index contributed by atoms with van der Waals surface area (Å²) in [5.74, 6) is 0.794. The average molecular weight is 612 g/mol. The Balaban J connectivity index is 1.50. The van der Waals surface area contributed by atoms with E-state index in [9.17, 15) is 8.42 Å². The Bertz CT molecular complexity index is 1710. The maximum atomic E-state index is 13.6. The summed E-state index contributed by atoms with van der Waals surface area (Å²) in [6.07, 6.45) is 0.722. The highest BCUT2D eigenvalue weighted by Crippen LogP contribution is 2.32. The summed E-state index contributed by atoms with van der Waals surface area (Å²) in [6, 6.07) is 25.8. The van der Waals surface area contributed by atoms with E-state index in [4.69, 9.17) is 9.72 Å². The topological polar surface area (TPSA) is 87.7 Å². The van der Waals surface area contributed by atoms with Crippen molar-refractivity contribution < 1.29 is 13.2 Å². The molecule has 3 unspecified atom stereocenters. The van der Waals surface area contributed by atoms with E-state index in [-0.39, 0.29) is 23.0 Å². The third-order valence-electron chi connectivity index (χ3n) is 8.53. The molecule has 230 valence electrons. The van der Waals surface area contributed by atoms with Crippen molar-refractivity contribution in [3.63, 3.8) is 0 Å².